The van der Waals surface area contributed by atoms with E-state index in [4.69, 9.17) is 4.74 Å². The quantitative estimate of drug-likeness (QED) is 0.768. The first-order valence-corrected chi connectivity index (χ1v) is 5.64. The number of hydrogen-bond donors (Lipinski definition) is 0. The lowest BCUT2D eigenvalue weighted by atomic mass is 9.98. The van der Waals surface area contributed by atoms with Gasteiger partial charge in [-0.15, -0.1) is 0 Å². The van der Waals surface area contributed by atoms with E-state index < -0.39 is 17.9 Å². The van der Waals surface area contributed by atoms with Gasteiger partial charge in [0.2, 0.25) is 0 Å². The summed E-state index contributed by atoms with van der Waals surface area (Å²) >= 11 is 0. The minimum atomic E-state index is -2.67. The van der Waals surface area contributed by atoms with Crippen molar-refractivity contribution in [2.45, 2.75) is 31.8 Å². The first kappa shape index (κ1) is 11.5. The minimum absolute atomic E-state index is 0.173. The highest BCUT2D eigenvalue weighted by Crippen LogP contribution is 2.38. The molecule has 1 fully saturated rings. The molecule has 0 radical (unpaired) electrons. The van der Waals surface area contributed by atoms with Crippen molar-refractivity contribution in [1.29, 1.82) is 0 Å². The van der Waals surface area contributed by atoms with Gasteiger partial charge in [0.15, 0.2) is 0 Å². The summed E-state index contributed by atoms with van der Waals surface area (Å²) in [5.41, 5.74) is 1.08. The Kier molecular flexibility index (Phi) is 3.24. The van der Waals surface area contributed by atoms with Crippen molar-refractivity contribution in [2.75, 3.05) is 6.61 Å². The van der Waals surface area contributed by atoms with Crippen LogP contribution in [-0.2, 0) is 11.2 Å². The zero-order chi connectivity index (χ0) is 11.6. The first-order valence-electron chi connectivity index (χ1n) is 5.64. The van der Waals surface area contributed by atoms with E-state index in [-0.39, 0.29) is 6.61 Å². The molecule has 2 rings (SSSR count). The Morgan fingerprint density at radius 3 is 2.56 bits per heavy atom. The largest absolute Gasteiger partial charge is 0.371 e. The molecule has 1 aromatic rings. The molecule has 0 aliphatic carbocycles. The Labute approximate surface area is 94.4 Å². The molecule has 1 aromatic carbocycles. The van der Waals surface area contributed by atoms with E-state index in [9.17, 15) is 8.78 Å². The van der Waals surface area contributed by atoms with E-state index in [2.05, 4.69) is 0 Å². The lowest BCUT2D eigenvalue weighted by molar-refractivity contribution is -0.0861. The fourth-order valence-electron chi connectivity index (χ4n) is 2.02. The van der Waals surface area contributed by atoms with Crippen LogP contribution in [-0.4, -0.2) is 18.6 Å². The number of hydrogen-bond acceptors (Lipinski definition) is 1. The normalized spacial score (nSPS) is 28.2. The molecule has 0 N–H and O–H groups in total. The van der Waals surface area contributed by atoms with E-state index in [1.165, 1.54) is 0 Å². The second-order valence-electron chi connectivity index (χ2n) is 4.42. The van der Waals surface area contributed by atoms with Crippen molar-refractivity contribution in [2.24, 2.45) is 5.92 Å². The molecule has 0 amide bonds. The molecule has 1 aliphatic rings. The van der Waals surface area contributed by atoms with Crippen molar-refractivity contribution in [3.8, 4) is 0 Å². The maximum absolute atomic E-state index is 13.6. The average Bonchev–Trinajstić information content (AvgIpc) is 2.53. The van der Waals surface area contributed by atoms with Crippen LogP contribution in [0, 0.1) is 5.92 Å². The lowest BCUT2D eigenvalue weighted by Crippen LogP contribution is -2.33. The molecule has 0 aromatic heterocycles. The summed E-state index contributed by atoms with van der Waals surface area (Å²) in [6.07, 6.45) is 0.123. The molecular formula is C13H16F2O. The fourth-order valence-corrected chi connectivity index (χ4v) is 2.02. The molecule has 88 valence electrons. The van der Waals surface area contributed by atoms with E-state index in [1.54, 1.807) is 6.92 Å². The molecule has 1 nitrogen and oxygen atoms in total. The molecule has 3 heteroatoms. The standard InChI is InChI=1S/C13H16F2O/c1-10-9-16-12(13(10,14)15)8-7-11-5-3-2-4-6-11/h2-6,10,12H,7-9H2,1H3. The van der Waals surface area contributed by atoms with Gasteiger partial charge in [-0.3, -0.25) is 0 Å². The van der Waals surface area contributed by atoms with E-state index in [1.807, 2.05) is 30.3 Å². The molecule has 1 heterocycles. The summed E-state index contributed by atoms with van der Waals surface area (Å²) in [5, 5.41) is 0. The number of alkyl halides is 2. The molecule has 0 saturated carbocycles. The average molecular weight is 226 g/mol. The van der Waals surface area contributed by atoms with Crippen molar-refractivity contribution in [3.05, 3.63) is 35.9 Å². The number of benzene rings is 1. The van der Waals surface area contributed by atoms with Gasteiger partial charge >= 0.3 is 0 Å². The summed E-state index contributed by atoms with van der Waals surface area (Å²) in [6.45, 7) is 1.72. The fraction of sp³-hybridized carbons (Fsp3) is 0.538. The van der Waals surface area contributed by atoms with Crippen molar-refractivity contribution >= 4 is 0 Å². The highest BCUT2D eigenvalue weighted by atomic mass is 19.3. The summed E-state index contributed by atoms with van der Waals surface area (Å²) < 4.78 is 32.3. The smallest absolute Gasteiger partial charge is 0.278 e. The minimum Gasteiger partial charge on any atom is -0.371 e. The highest BCUT2D eigenvalue weighted by molar-refractivity contribution is 5.15. The molecular weight excluding hydrogens is 210 g/mol. The van der Waals surface area contributed by atoms with Gasteiger partial charge in [-0.25, -0.2) is 8.78 Å². The number of ether oxygens (including phenoxy) is 1. The van der Waals surface area contributed by atoms with E-state index in [0.717, 1.165) is 5.56 Å². The maximum atomic E-state index is 13.6. The highest BCUT2D eigenvalue weighted by Gasteiger charge is 2.50. The number of rotatable bonds is 3. The van der Waals surface area contributed by atoms with Gasteiger partial charge in [-0.2, -0.15) is 0 Å². The van der Waals surface area contributed by atoms with Gasteiger partial charge in [0, 0.05) is 5.92 Å². The summed E-state index contributed by atoms with van der Waals surface area (Å²) in [6, 6.07) is 9.68. The summed E-state index contributed by atoms with van der Waals surface area (Å²) in [5.74, 6) is -3.33. The van der Waals surface area contributed by atoms with Gasteiger partial charge in [0.05, 0.1) is 6.61 Å². The van der Waals surface area contributed by atoms with Crippen LogP contribution in [0.25, 0.3) is 0 Å². The zero-order valence-corrected chi connectivity index (χ0v) is 9.33. The molecule has 0 spiro atoms. The summed E-state index contributed by atoms with van der Waals surface area (Å²) in [7, 11) is 0. The predicted molar refractivity (Wildman–Crippen MR) is 58.6 cm³/mol. The van der Waals surface area contributed by atoms with Gasteiger partial charge in [-0.05, 0) is 18.4 Å². The molecule has 0 bridgehead atoms. The summed E-state index contributed by atoms with van der Waals surface area (Å²) in [4.78, 5) is 0. The Morgan fingerprint density at radius 2 is 2.00 bits per heavy atom. The number of halogens is 2. The van der Waals surface area contributed by atoms with Gasteiger partial charge in [0.25, 0.3) is 5.92 Å². The third-order valence-corrected chi connectivity index (χ3v) is 3.17. The zero-order valence-electron chi connectivity index (χ0n) is 9.33. The van der Waals surface area contributed by atoms with Gasteiger partial charge in [-0.1, -0.05) is 37.3 Å². The van der Waals surface area contributed by atoms with Crippen molar-refractivity contribution in [1.82, 2.24) is 0 Å². The third-order valence-electron chi connectivity index (χ3n) is 3.17. The second-order valence-corrected chi connectivity index (χ2v) is 4.42. The molecule has 1 aliphatic heterocycles. The van der Waals surface area contributed by atoms with Crippen LogP contribution in [0.2, 0.25) is 0 Å². The van der Waals surface area contributed by atoms with Crippen LogP contribution in [0.3, 0.4) is 0 Å². The number of aryl methyl sites for hydroxylation is 1. The van der Waals surface area contributed by atoms with Crippen molar-refractivity contribution < 1.29 is 13.5 Å². The Bertz CT molecular complexity index is 337. The molecule has 1 saturated heterocycles. The van der Waals surface area contributed by atoms with E-state index >= 15 is 0 Å². The van der Waals surface area contributed by atoms with Crippen LogP contribution in [0.1, 0.15) is 18.9 Å². The van der Waals surface area contributed by atoms with Crippen LogP contribution in [0.15, 0.2) is 30.3 Å². The topological polar surface area (TPSA) is 9.23 Å². The SMILES string of the molecule is CC1COC(CCc2ccccc2)C1(F)F. The monoisotopic (exact) mass is 226 g/mol. The van der Waals surface area contributed by atoms with E-state index in [0.29, 0.717) is 12.8 Å². The second kappa shape index (κ2) is 4.50. The Morgan fingerprint density at radius 1 is 1.31 bits per heavy atom. The lowest BCUT2D eigenvalue weighted by Gasteiger charge is -2.20. The van der Waals surface area contributed by atoms with Crippen LogP contribution >= 0.6 is 0 Å². The molecule has 2 atom stereocenters. The predicted octanol–water partition coefficient (Wildman–Crippen LogP) is 3.29. The Balaban J connectivity index is 1.92. The van der Waals surface area contributed by atoms with Gasteiger partial charge in [0.1, 0.15) is 6.10 Å². The van der Waals surface area contributed by atoms with Crippen molar-refractivity contribution in [3.63, 3.8) is 0 Å². The Hall–Kier alpha value is -0.960. The van der Waals surface area contributed by atoms with Crippen LogP contribution in [0.5, 0.6) is 0 Å². The maximum Gasteiger partial charge on any atom is 0.278 e. The van der Waals surface area contributed by atoms with Crippen LogP contribution < -0.4 is 0 Å². The van der Waals surface area contributed by atoms with Crippen LogP contribution in [0.4, 0.5) is 8.78 Å². The third kappa shape index (κ3) is 2.24. The molecule has 16 heavy (non-hydrogen) atoms. The molecule has 2 unspecified atom stereocenters. The first-order chi connectivity index (χ1) is 7.60. The van der Waals surface area contributed by atoms with Gasteiger partial charge < -0.3 is 4.74 Å².